The van der Waals surface area contributed by atoms with Gasteiger partial charge >= 0.3 is 29.2 Å². The van der Waals surface area contributed by atoms with Crippen molar-refractivity contribution in [1.82, 2.24) is 9.55 Å². The molecule has 0 spiro atoms. The second kappa shape index (κ2) is 13.0. The first kappa shape index (κ1) is 34.0. The number of nitrogens with zero attached hydrogens (tertiary/aromatic N) is 2. The second-order valence-electron chi connectivity index (χ2n) is 5.46. The van der Waals surface area contributed by atoms with Gasteiger partial charge in [0.2, 0.25) is 0 Å². The molecule has 196 valence electrons. The van der Waals surface area contributed by atoms with E-state index < -0.39 is 60.1 Å². The Hall–Kier alpha value is -1.22. The Morgan fingerprint density at radius 2 is 1.39 bits per heavy atom. The van der Waals surface area contributed by atoms with Crippen molar-refractivity contribution < 1.29 is 82.2 Å². The highest BCUT2D eigenvalue weighted by molar-refractivity contribution is 7.45. The van der Waals surface area contributed by atoms with Gasteiger partial charge in [-0.05, 0) is 6.07 Å². The molecule has 2 rings (SSSR count). The Morgan fingerprint density at radius 3 is 1.67 bits per heavy atom. The zero-order chi connectivity index (χ0) is 27.0. The van der Waals surface area contributed by atoms with Crippen LogP contribution in [0.2, 0.25) is 0 Å². The van der Waals surface area contributed by atoms with E-state index in [0.29, 0.717) is 4.57 Å². The van der Waals surface area contributed by atoms with E-state index in [0.717, 1.165) is 6.20 Å². The van der Waals surface area contributed by atoms with Crippen molar-refractivity contribution in [3.8, 4) is 0 Å². The van der Waals surface area contributed by atoms with Gasteiger partial charge in [0.15, 0.2) is 6.23 Å². The van der Waals surface area contributed by atoms with Crippen LogP contribution < -0.4 is 11.4 Å². The van der Waals surface area contributed by atoms with E-state index in [-0.39, 0.29) is 5.82 Å². The minimum absolute atomic E-state index is 0.0732. The molecular weight excluding hydrogens is 534 g/mol. The van der Waals surface area contributed by atoms with Crippen LogP contribution in [0.4, 0.5) is 10.2 Å². The van der Waals surface area contributed by atoms with Crippen molar-refractivity contribution in [3.63, 3.8) is 0 Å². The van der Waals surface area contributed by atoms with Gasteiger partial charge in [-0.2, -0.15) is 4.98 Å². The number of phosphoric acid groups is 3. The molecule has 14 N–H and O–H groups in total. The summed E-state index contributed by atoms with van der Waals surface area (Å²) >= 11 is 0. The SMILES string of the molecule is Nc1ccn([C@@H]2O[C@H](CO)[C@@H](O)[C@]2(O)F)c(=O)n1.O=P(O)(O)O.O=P(O)(O)O.O=P(O)(O)O. The number of rotatable bonds is 2. The fourth-order valence-corrected chi connectivity index (χ4v) is 1.75. The number of hydrogen-bond donors (Lipinski definition) is 13. The Morgan fingerprint density at radius 1 is 1.03 bits per heavy atom. The quantitative estimate of drug-likeness (QED) is 0.152. The van der Waals surface area contributed by atoms with Crippen LogP contribution in [-0.2, 0) is 18.4 Å². The molecule has 33 heavy (non-hydrogen) atoms. The molecule has 1 aliphatic rings. The van der Waals surface area contributed by atoms with Gasteiger partial charge in [0.1, 0.15) is 18.0 Å². The average molecular weight is 555 g/mol. The highest BCUT2D eigenvalue weighted by atomic mass is 31.2. The van der Waals surface area contributed by atoms with Crippen molar-refractivity contribution in [3.05, 3.63) is 22.7 Å². The van der Waals surface area contributed by atoms with Gasteiger partial charge in [-0.3, -0.25) is 4.57 Å². The molecule has 20 nitrogen and oxygen atoms in total. The molecule has 2 heterocycles. The minimum atomic E-state index is -4.64. The Labute approximate surface area is 181 Å². The van der Waals surface area contributed by atoms with Gasteiger partial charge < -0.3 is 69.8 Å². The molecule has 1 fully saturated rings. The van der Waals surface area contributed by atoms with Gasteiger partial charge in [0.05, 0.1) is 6.61 Å². The molecule has 0 radical (unpaired) electrons. The Kier molecular flexibility index (Phi) is 13.4. The number of nitrogen functional groups attached to an aromatic ring is 1. The molecule has 0 unspecified atom stereocenters. The van der Waals surface area contributed by atoms with Crippen LogP contribution in [0.5, 0.6) is 0 Å². The lowest BCUT2D eigenvalue weighted by molar-refractivity contribution is -0.196. The van der Waals surface area contributed by atoms with Crippen molar-refractivity contribution in [2.45, 2.75) is 24.3 Å². The first-order valence-corrected chi connectivity index (χ1v) is 12.1. The molecule has 0 aliphatic carbocycles. The van der Waals surface area contributed by atoms with E-state index in [4.69, 9.17) is 73.3 Å². The summed E-state index contributed by atoms with van der Waals surface area (Å²) in [5.74, 6) is -3.29. The largest absolute Gasteiger partial charge is 0.466 e. The van der Waals surface area contributed by atoms with Crippen LogP contribution in [-0.4, -0.2) is 93.6 Å². The molecule has 0 aromatic carbocycles. The summed E-state index contributed by atoms with van der Waals surface area (Å²) in [6.45, 7) is -0.707. The zero-order valence-electron chi connectivity index (χ0n) is 15.7. The fourth-order valence-electron chi connectivity index (χ4n) is 1.75. The topological polar surface area (TPSA) is 364 Å². The van der Waals surface area contributed by atoms with Gasteiger partial charge in [-0.1, -0.05) is 0 Å². The van der Waals surface area contributed by atoms with Crippen molar-refractivity contribution >= 4 is 29.3 Å². The van der Waals surface area contributed by atoms with Crippen LogP contribution in [0.15, 0.2) is 17.1 Å². The number of alkyl halides is 1. The number of ether oxygens (including phenoxy) is 1. The molecule has 1 aromatic rings. The van der Waals surface area contributed by atoms with Crippen LogP contribution in [0.3, 0.4) is 0 Å². The summed E-state index contributed by atoms with van der Waals surface area (Å²) in [6, 6.07) is 1.21. The minimum Gasteiger partial charge on any atom is -0.394 e. The highest BCUT2D eigenvalue weighted by Crippen LogP contribution is 2.38. The number of halogens is 1. The number of hydrogen-bond acceptors (Lipinski definition) is 10. The van der Waals surface area contributed by atoms with Crippen LogP contribution in [0.25, 0.3) is 0 Å². The van der Waals surface area contributed by atoms with Gasteiger partial charge in [-0.15, -0.1) is 0 Å². The normalized spacial score (nSPS) is 24.9. The monoisotopic (exact) mass is 555 g/mol. The number of aromatic nitrogens is 2. The molecule has 0 amide bonds. The van der Waals surface area contributed by atoms with Crippen molar-refractivity contribution in [2.75, 3.05) is 12.3 Å². The lowest BCUT2D eigenvalue weighted by Crippen LogP contribution is -2.45. The third-order valence-electron chi connectivity index (χ3n) is 2.70. The fraction of sp³-hybridized carbons (Fsp3) is 0.556. The zero-order valence-corrected chi connectivity index (χ0v) is 18.4. The molecule has 1 saturated heterocycles. The van der Waals surface area contributed by atoms with E-state index >= 15 is 0 Å². The standard InChI is InChI=1S/C9H12FN3O5.3H3O4P/c10-9(17)6(15)4(3-14)18-7(9)13-2-1-5(11)12-8(13)16;3*1-5(2,3)4/h1-2,4,6-7,14-15,17H,3H2,(H2,11,12,16);3*(H3,1,2,3,4)/t4-,6-,7-,9-;;;/m1.../s1. The third kappa shape index (κ3) is 17.9. The van der Waals surface area contributed by atoms with E-state index in [1.54, 1.807) is 0 Å². The number of anilines is 1. The highest BCUT2D eigenvalue weighted by Gasteiger charge is 2.57. The molecule has 0 saturated carbocycles. The molecule has 24 heteroatoms. The first-order chi connectivity index (χ1) is 14.4. The van der Waals surface area contributed by atoms with E-state index in [1.807, 2.05) is 0 Å². The molecule has 1 aliphatic heterocycles. The first-order valence-electron chi connectivity index (χ1n) is 7.43. The third-order valence-corrected chi connectivity index (χ3v) is 2.70. The van der Waals surface area contributed by atoms with Crippen molar-refractivity contribution in [1.29, 1.82) is 0 Å². The predicted octanol–water partition coefficient (Wildman–Crippen LogP) is -5.05. The van der Waals surface area contributed by atoms with Crippen LogP contribution in [0.1, 0.15) is 6.23 Å². The average Bonchev–Trinajstić information content (AvgIpc) is 2.73. The Bertz CT molecular complexity index is 867. The van der Waals surface area contributed by atoms with Gasteiger partial charge in [-0.25, -0.2) is 22.9 Å². The lowest BCUT2D eigenvalue weighted by Gasteiger charge is -2.23. The number of nitrogens with two attached hydrogens (primary N) is 1. The summed E-state index contributed by atoms with van der Waals surface area (Å²) < 4.78 is 46.1. The summed E-state index contributed by atoms with van der Waals surface area (Å²) in [5.41, 5.74) is 4.32. The summed E-state index contributed by atoms with van der Waals surface area (Å²) in [7, 11) is -13.9. The number of aliphatic hydroxyl groups excluding tert-OH is 2. The predicted molar refractivity (Wildman–Crippen MR) is 98.8 cm³/mol. The molecule has 0 bridgehead atoms. The van der Waals surface area contributed by atoms with Gasteiger partial charge in [0.25, 0.3) is 5.85 Å². The molecule has 4 atom stereocenters. The maximum Gasteiger partial charge on any atom is 0.466 e. The smallest absolute Gasteiger partial charge is 0.394 e. The van der Waals surface area contributed by atoms with Crippen LogP contribution in [0, 0.1) is 0 Å². The van der Waals surface area contributed by atoms with E-state index in [9.17, 15) is 19.4 Å². The molecule has 1 aromatic heterocycles. The maximum absolute atomic E-state index is 13.9. The van der Waals surface area contributed by atoms with Crippen molar-refractivity contribution in [2.24, 2.45) is 0 Å². The second-order valence-corrected chi connectivity index (χ2v) is 8.54. The Balaban J connectivity index is 0. The summed E-state index contributed by atoms with van der Waals surface area (Å²) in [5, 5.41) is 27.8. The molecular formula is C9H21FN3O17P3. The van der Waals surface area contributed by atoms with E-state index in [2.05, 4.69) is 4.98 Å². The van der Waals surface area contributed by atoms with Crippen LogP contribution >= 0.6 is 23.5 Å². The van der Waals surface area contributed by atoms with E-state index in [1.165, 1.54) is 6.07 Å². The maximum atomic E-state index is 13.9. The number of aliphatic hydroxyl groups is 3. The lowest BCUT2D eigenvalue weighted by atomic mass is 10.1. The van der Waals surface area contributed by atoms with Gasteiger partial charge in [0, 0.05) is 6.20 Å². The summed E-state index contributed by atoms with van der Waals surface area (Å²) in [4.78, 5) is 79.5. The summed E-state index contributed by atoms with van der Waals surface area (Å²) in [6.07, 6.45) is -4.04.